The Morgan fingerprint density at radius 1 is 1.13 bits per heavy atom. The average molecular weight is 563 g/mol. The number of aryl methyl sites for hydroxylation is 1. The Morgan fingerprint density at radius 3 is 2.44 bits per heavy atom. The highest BCUT2D eigenvalue weighted by molar-refractivity contribution is 7.91. The molecule has 7 nitrogen and oxygen atoms in total. The van der Waals surface area contributed by atoms with Crippen LogP contribution in [-0.4, -0.2) is 42.0 Å². The molecule has 0 radical (unpaired) electrons. The Kier molecular flexibility index (Phi) is 7.12. The molecule has 2 aromatic heterocycles. The molecule has 1 aromatic carbocycles. The third-order valence-corrected chi connectivity index (χ3v) is 9.76. The number of pyridine rings is 1. The zero-order valence-electron chi connectivity index (χ0n) is 22.5. The van der Waals surface area contributed by atoms with Crippen molar-refractivity contribution in [1.29, 1.82) is 0 Å². The standard InChI is InChI=1S/C28H33F3N4O3S/c1-16-20(6-5-7-22(16)28(29,30)31)17(2)32-25-21-15-23(27(38-4)10-12-39(36,37)13-11-27)18(3)33-26(21)35-24(34-25)14-19-8-9-19/h5-7,15,17,19H,8-14H2,1-4H3,(H,32,33,34,35)/t17-/m1/s1. The van der Waals surface area contributed by atoms with Crippen molar-refractivity contribution in [3.63, 3.8) is 0 Å². The van der Waals surface area contributed by atoms with Gasteiger partial charge in [-0.1, -0.05) is 12.1 Å². The van der Waals surface area contributed by atoms with E-state index in [-0.39, 0.29) is 17.1 Å². The third kappa shape index (κ3) is 5.61. The molecule has 3 heterocycles. The summed E-state index contributed by atoms with van der Waals surface area (Å²) in [5, 5.41) is 3.97. The minimum atomic E-state index is -4.45. The fraction of sp³-hybridized carbons (Fsp3) is 0.536. The summed E-state index contributed by atoms with van der Waals surface area (Å²) >= 11 is 0. The summed E-state index contributed by atoms with van der Waals surface area (Å²) in [6.45, 7) is 5.15. The number of methoxy groups -OCH3 is 1. The summed E-state index contributed by atoms with van der Waals surface area (Å²) in [6.07, 6.45) is -0.878. The van der Waals surface area contributed by atoms with Gasteiger partial charge in [0.1, 0.15) is 11.6 Å². The Bertz CT molecular complexity index is 1510. The van der Waals surface area contributed by atoms with Gasteiger partial charge in [0.2, 0.25) is 0 Å². The van der Waals surface area contributed by atoms with Crippen molar-refractivity contribution in [2.45, 2.75) is 70.7 Å². The minimum Gasteiger partial charge on any atom is -0.373 e. The van der Waals surface area contributed by atoms with Gasteiger partial charge in [-0.3, -0.25) is 0 Å². The second kappa shape index (κ2) is 9.99. The largest absolute Gasteiger partial charge is 0.416 e. The van der Waals surface area contributed by atoms with Crippen molar-refractivity contribution < 1.29 is 26.3 Å². The smallest absolute Gasteiger partial charge is 0.373 e. The predicted octanol–water partition coefficient (Wildman–Crippen LogP) is 5.84. The van der Waals surface area contributed by atoms with E-state index in [0.29, 0.717) is 59.1 Å². The molecular formula is C28H33F3N4O3S. The van der Waals surface area contributed by atoms with Gasteiger partial charge in [-0.05, 0) is 75.6 Å². The van der Waals surface area contributed by atoms with Gasteiger partial charge in [0.15, 0.2) is 15.5 Å². The Balaban J connectivity index is 1.59. The molecule has 0 unspecified atom stereocenters. The van der Waals surface area contributed by atoms with Crippen LogP contribution in [0.3, 0.4) is 0 Å². The van der Waals surface area contributed by atoms with E-state index >= 15 is 0 Å². The molecule has 11 heteroatoms. The Labute approximate surface area is 226 Å². The molecule has 39 heavy (non-hydrogen) atoms. The molecule has 1 atom stereocenters. The molecule has 0 amide bonds. The molecule has 0 spiro atoms. The molecule has 2 fully saturated rings. The van der Waals surface area contributed by atoms with Crippen LogP contribution in [0.25, 0.3) is 11.0 Å². The topological polar surface area (TPSA) is 94.1 Å². The van der Waals surface area contributed by atoms with Crippen molar-refractivity contribution >= 4 is 26.7 Å². The molecule has 2 aliphatic rings. The van der Waals surface area contributed by atoms with E-state index in [1.807, 2.05) is 19.9 Å². The van der Waals surface area contributed by atoms with Gasteiger partial charge in [0, 0.05) is 24.8 Å². The van der Waals surface area contributed by atoms with Crippen LogP contribution in [0.5, 0.6) is 0 Å². The lowest BCUT2D eigenvalue weighted by atomic mass is 9.86. The van der Waals surface area contributed by atoms with Gasteiger partial charge in [-0.2, -0.15) is 13.2 Å². The fourth-order valence-electron chi connectivity index (χ4n) is 5.60. The maximum Gasteiger partial charge on any atom is 0.416 e. The quantitative estimate of drug-likeness (QED) is 0.387. The van der Waals surface area contributed by atoms with Gasteiger partial charge >= 0.3 is 6.18 Å². The molecule has 5 rings (SSSR count). The predicted molar refractivity (Wildman–Crippen MR) is 143 cm³/mol. The summed E-state index contributed by atoms with van der Waals surface area (Å²) < 4.78 is 71.0. The second-order valence-corrected chi connectivity index (χ2v) is 13.2. The fourth-order valence-corrected chi connectivity index (χ4v) is 7.08. The lowest BCUT2D eigenvalue weighted by Gasteiger charge is -2.37. The zero-order chi connectivity index (χ0) is 28.2. The normalized spacial score (nSPS) is 19.7. The molecule has 1 saturated heterocycles. The number of ether oxygens (including phenoxy) is 1. The number of rotatable bonds is 7. The lowest BCUT2D eigenvalue weighted by Crippen LogP contribution is -2.39. The molecule has 1 N–H and O–H groups in total. The van der Waals surface area contributed by atoms with E-state index < -0.39 is 33.2 Å². The first kappa shape index (κ1) is 27.8. The second-order valence-electron chi connectivity index (χ2n) is 10.9. The summed E-state index contributed by atoms with van der Waals surface area (Å²) in [7, 11) is -1.55. The van der Waals surface area contributed by atoms with Crippen molar-refractivity contribution in [2.24, 2.45) is 5.92 Å². The zero-order valence-corrected chi connectivity index (χ0v) is 23.3. The van der Waals surface area contributed by atoms with Crippen LogP contribution < -0.4 is 5.32 Å². The van der Waals surface area contributed by atoms with E-state index in [9.17, 15) is 21.6 Å². The van der Waals surface area contributed by atoms with Gasteiger partial charge in [-0.25, -0.2) is 23.4 Å². The summed E-state index contributed by atoms with van der Waals surface area (Å²) in [6, 6.07) is 5.62. The number of nitrogens with one attached hydrogen (secondary N) is 1. The Hall–Kier alpha value is -2.79. The third-order valence-electron chi connectivity index (χ3n) is 8.11. The number of fused-ring (bicyclic) bond motifs is 1. The number of halogens is 3. The van der Waals surface area contributed by atoms with Gasteiger partial charge in [0.05, 0.1) is 34.1 Å². The highest BCUT2D eigenvalue weighted by atomic mass is 32.2. The van der Waals surface area contributed by atoms with Crippen molar-refractivity contribution in [3.05, 3.63) is 58.0 Å². The SMILES string of the molecule is COC1(c2cc3c(N[C@H](C)c4cccc(C(F)(F)F)c4C)nc(CC4CC4)nc3nc2C)CCS(=O)(=O)CC1. The van der Waals surface area contributed by atoms with Crippen LogP contribution in [0.15, 0.2) is 24.3 Å². The first-order valence-electron chi connectivity index (χ1n) is 13.2. The van der Waals surface area contributed by atoms with E-state index in [2.05, 4.69) is 5.32 Å². The van der Waals surface area contributed by atoms with E-state index in [1.165, 1.54) is 13.0 Å². The molecular weight excluding hydrogens is 529 g/mol. The van der Waals surface area contributed by atoms with Crippen LogP contribution in [0.4, 0.5) is 19.0 Å². The number of hydrogen-bond acceptors (Lipinski definition) is 7. The molecule has 1 aliphatic heterocycles. The highest BCUT2D eigenvalue weighted by Crippen LogP contribution is 2.41. The number of aromatic nitrogens is 3. The summed E-state index contributed by atoms with van der Waals surface area (Å²) in [4.78, 5) is 14.3. The average Bonchev–Trinajstić information content (AvgIpc) is 3.67. The molecule has 0 bridgehead atoms. The monoisotopic (exact) mass is 562 g/mol. The molecule has 1 saturated carbocycles. The minimum absolute atomic E-state index is 0.0199. The Morgan fingerprint density at radius 2 is 1.82 bits per heavy atom. The van der Waals surface area contributed by atoms with Crippen molar-refractivity contribution in [1.82, 2.24) is 15.0 Å². The maximum absolute atomic E-state index is 13.6. The van der Waals surface area contributed by atoms with Crippen LogP contribution in [0, 0.1) is 19.8 Å². The number of benzene rings is 1. The lowest BCUT2D eigenvalue weighted by molar-refractivity contribution is -0.138. The van der Waals surface area contributed by atoms with Crippen LogP contribution in [0.2, 0.25) is 0 Å². The van der Waals surface area contributed by atoms with Gasteiger partial charge < -0.3 is 10.1 Å². The first-order valence-corrected chi connectivity index (χ1v) is 15.0. The van der Waals surface area contributed by atoms with E-state index in [1.54, 1.807) is 13.2 Å². The van der Waals surface area contributed by atoms with E-state index in [0.717, 1.165) is 24.5 Å². The molecule has 3 aromatic rings. The van der Waals surface area contributed by atoms with Crippen LogP contribution >= 0.6 is 0 Å². The maximum atomic E-state index is 13.6. The number of alkyl halides is 3. The van der Waals surface area contributed by atoms with Gasteiger partial charge in [-0.15, -0.1) is 0 Å². The number of hydrogen-bond donors (Lipinski definition) is 1. The van der Waals surface area contributed by atoms with E-state index in [4.69, 9.17) is 19.7 Å². The summed E-state index contributed by atoms with van der Waals surface area (Å²) in [5.41, 5.74) is 1.18. The number of anilines is 1. The van der Waals surface area contributed by atoms with Crippen molar-refractivity contribution in [3.8, 4) is 0 Å². The highest BCUT2D eigenvalue weighted by Gasteiger charge is 2.41. The number of sulfone groups is 1. The first-order chi connectivity index (χ1) is 18.3. The van der Waals surface area contributed by atoms with Crippen LogP contribution in [-0.2, 0) is 32.8 Å². The number of nitrogens with zero attached hydrogens (tertiary/aromatic N) is 3. The van der Waals surface area contributed by atoms with Gasteiger partial charge in [0.25, 0.3) is 0 Å². The van der Waals surface area contributed by atoms with Crippen LogP contribution in [0.1, 0.15) is 72.4 Å². The molecule has 210 valence electrons. The summed E-state index contributed by atoms with van der Waals surface area (Å²) in [5.74, 6) is 1.70. The molecule has 1 aliphatic carbocycles. The van der Waals surface area contributed by atoms with Crippen molar-refractivity contribution in [2.75, 3.05) is 23.9 Å².